The molecule has 9 heteroatoms. The van der Waals surface area contributed by atoms with Gasteiger partial charge in [-0.15, -0.1) is 0 Å². The Balaban J connectivity index is 2.55. The molecule has 1 atom stereocenters. The van der Waals surface area contributed by atoms with Crippen LogP contribution in [0.2, 0.25) is 0 Å². The molecule has 26 heavy (non-hydrogen) atoms. The van der Waals surface area contributed by atoms with Crippen LogP contribution in [0.25, 0.3) is 0 Å². The van der Waals surface area contributed by atoms with Crippen molar-refractivity contribution >= 4 is 40.5 Å². The molecule has 8 nitrogen and oxygen atoms in total. The molecule has 1 unspecified atom stereocenters. The van der Waals surface area contributed by atoms with Gasteiger partial charge in [-0.1, -0.05) is 18.3 Å². The van der Waals surface area contributed by atoms with Gasteiger partial charge in [0.05, 0.1) is 46.2 Å². The molecule has 1 heterocycles. The van der Waals surface area contributed by atoms with Crippen LogP contribution in [0.3, 0.4) is 0 Å². The summed E-state index contributed by atoms with van der Waals surface area (Å²) in [6, 6.07) is 4.52. The third kappa shape index (κ3) is 3.52. The molecule has 0 radical (unpaired) electrons. The largest absolute Gasteiger partial charge is 0.466 e. The smallest absolute Gasteiger partial charge is 0.325 e. The van der Waals surface area contributed by atoms with Crippen LogP contribution < -0.4 is 4.90 Å². The van der Waals surface area contributed by atoms with E-state index in [-0.39, 0.29) is 36.9 Å². The fraction of sp³-hybridized carbons (Fsp3) is 0.471. The fourth-order valence-corrected chi connectivity index (χ4v) is 3.48. The monoisotopic (exact) mass is 380 g/mol. The number of hydrogen-bond acceptors (Lipinski definition) is 7. The van der Waals surface area contributed by atoms with E-state index in [0.29, 0.717) is 11.3 Å². The van der Waals surface area contributed by atoms with Crippen molar-refractivity contribution in [2.45, 2.75) is 32.6 Å². The summed E-state index contributed by atoms with van der Waals surface area (Å²) in [5.74, 6) is -1.02. The predicted molar refractivity (Wildman–Crippen MR) is 98.3 cm³/mol. The van der Waals surface area contributed by atoms with Gasteiger partial charge in [-0.3, -0.25) is 19.7 Å². The molecule has 2 rings (SSSR count). The lowest BCUT2D eigenvalue weighted by molar-refractivity contribution is -0.385. The van der Waals surface area contributed by atoms with Gasteiger partial charge in [0.1, 0.15) is 6.54 Å². The summed E-state index contributed by atoms with van der Waals surface area (Å²) in [6.45, 7) is 5.24. The summed E-state index contributed by atoms with van der Waals surface area (Å²) in [6.07, 6.45) is -0.156. The van der Waals surface area contributed by atoms with Gasteiger partial charge in [-0.25, -0.2) is 0 Å². The van der Waals surface area contributed by atoms with E-state index >= 15 is 0 Å². The van der Waals surface area contributed by atoms with Gasteiger partial charge in [-0.05, 0) is 26.8 Å². The number of fused-ring (bicyclic) bond motifs is 1. The molecule has 0 fully saturated rings. The molecule has 0 spiro atoms. The lowest BCUT2D eigenvalue weighted by Gasteiger charge is -2.26. The molecule has 0 aromatic heterocycles. The lowest BCUT2D eigenvalue weighted by atomic mass is 9.80. The summed E-state index contributed by atoms with van der Waals surface area (Å²) in [4.78, 5) is 36.8. The molecule has 1 aromatic rings. The number of nitro benzene ring substituents is 1. The fourth-order valence-electron chi connectivity index (χ4n) is 3.14. The quantitative estimate of drug-likeness (QED) is 0.308. The van der Waals surface area contributed by atoms with Crippen LogP contribution in [-0.2, 0) is 24.5 Å². The summed E-state index contributed by atoms with van der Waals surface area (Å²) >= 11 is 5.52. The first-order valence-electron chi connectivity index (χ1n) is 8.17. The zero-order valence-corrected chi connectivity index (χ0v) is 15.6. The average Bonchev–Trinajstić information content (AvgIpc) is 2.77. The highest BCUT2D eigenvalue weighted by Gasteiger charge is 2.50. The Morgan fingerprint density at radius 1 is 1.23 bits per heavy atom. The molecule has 1 aliphatic rings. The first kappa shape index (κ1) is 19.8. The Morgan fingerprint density at radius 3 is 2.42 bits per heavy atom. The van der Waals surface area contributed by atoms with Crippen molar-refractivity contribution < 1.29 is 24.0 Å². The van der Waals surface area contributed by atoms with Crippen molar-refractivity contribution in [3.05, 3.63) is 33.9 Å². The van der Waals surface area contributed by atoms with Crippen molar-refractivity contribution in [3.8, 4) is 0 Å². The summed E-state index contributed by atoms with van der Waals surface area (Å²) in [5, 5.41) is 11.5. The highest BCUT2D eigenvalue weighted by Crippen LogP contribution is 2.49. The Labute approximate surface area is 156 Å². The summed E-state index contributed by atoms with van der Waals surface area (Å²) < 4.78 is 9.98. The number of thiocarbonyl (C=S) groups is 1. The molecule has 1 aliphatic heterocycles. The van der Waals surface area contributed by atoms with Gasteiger partial charge < -0.3 is 14.4 Å². The minimum Gasteiger partial charge on any atom is -0.466 e. The topological polar surface area (TPSA) is 99.0 Å². The molecule has 140 valence electrons. The first-order chi connectivity index (χ1) is 12.3. The third-order valence-corrected chi connectivity index (χ3v) is 4.84. The van der Waals surface area contributed by atoms with Crippen molar-refractivity contribution in [3.63, 3.8) is 0 Å². The first-order valence-corrected chi connectivity index (χ1v) is 8.58. The molecule has 0 N–H and O–H groups in total. The van der Waals surface area contributed by atoms with E-state index in [1.165, 1.54) is 17.0 Å². The van der Waals surface area contributed by atoms with E-state index in [4.69, 9.17) is 21.7 Å². The minimum absolute atomic E-state index is 0.150. The second-order valence-electron chi connectivity index (χ2n) is 5.94. The standard InChI is InChI=1S/C17H20N2O6S/c1-4-24-13(20)9-17(3)15-11(7-6-8-12(15)19(22)23)18(16(17)26)10-14(21)25-5-2/h6-8H,4-5,9-10H2,1-3H3. The molecular formula is C17H20N2O6S. The molecule has 1 aromatic carbocycles. The van der Waals surface area contributed by atoms with E-state index in [0.717, 1.165) is 0 Å². The van der Waals surface area contributed by atoms with Gasteiger partial charge in [0.2, 0.25) is 0 Å². The number of carbonyl (C=O) groups excluding carboxylic acids is 2. The van der Waals surface area contributed by atoms with Crippen LogP contribution in [0, 0.1) is 10.1 Å². The number of anilines is 1. The number of ether oxygens (including phenoxy) is 2. The number of hydrogen-bond donors (Lipinski definition) is 0. The average molecular weight is 380 g/mol. The Bertz CT molecular complexity index is 766. The predicted octanol–water partition coefficient (Wildman–Crippen LogP) is 2.52. The van der Waals surface area contributed by atoms with Crippen molar-refractivity contribution in [1.29, 1.82) is 0 Å². The van der Waals surface area contributed by atoms with Crippen molar-refractivity contribution in [1.82, 2.24) is 0 Å². The van der Waals surface area contributed by atoms with Crippen LogP contribution in [0.15, 0.2) is 18.2 Å². The number of nitro groups is 1. The van der Waals surface area contributed by atoms with Crippen LogP contribution in [0.4, 0.5) is 11.4 Å². The number of benzene rings is 1. The molecule has 0 amide bonds. The second-order valence-corrected chi connectivity index (χ2v) is 6.33. The van der Waals surface area contributed by atoms with E-state index in [2.05, 4.69) is 0 Å². The van der Waals surface area contributed by atoms with E-state index in [9.17, 15) is 19.7 Å². The highest BCUT2D eigenvalue weighted by atomic mass is 32.1. The molecule has 0 bridgehead atoms. The van der Waals surface area contributed by atoms with Crippen molar-refractivity contribution in [2.24, 2.45) is 0 Å². The van der Waals surface area contributed by atoms with Crippen LogP contribution in [0.1, 0.15) is 32.8 Å². The normalized spacial score (nSPS) is 18.4. The van der Waals surface area contributed by atoms with Crippen LogP contribution in [0.5, 0.6) is 0 Å². The maximum absolute atomic E-state index is 12.1. The van der Waals surface area contributed by atoms with Gasteiger partial charge in [0.15, 0.2) is 0 Å². The second kappa shape index (κ2) is 7.77. The van der Waals surface area contributed by atoms with Gasteiger partial charge >= 0.3 is 11.9 Å². The van der Waals surface area contributed by atoms with Gasteiger partial charge in [-0.2, -0.15) is 0 Å². The third-order valence-electron chi connectivity index (χ3n) is 4.17. The van der Waals surface area contributed by atoms with E-state index in [1.807, 2.05) is 0 Å². The zero-order valence-electron chi connectivity index (χ0n) is 14.8. The van der Waals surface area contributed by atoms with Crippen molar-refractivity contribution in [2.75, 3.05) is 24.7 Å². The van der Waals surface area contributed by atoms with Crippen LogP contribution in [-0.4, -0.2) is 41.6 Å². The maximum Gasteiger partial charge on any atom is 0.325 e. The number of nitrogens with zero attached hydrogens (tertiary/aromatic N) is 2. The van der Waals surface area contributed by atoms with Gasteiger partial charge in [0.25, 0.3) is 5.69 Å². The molecule has 0 saturated carbocycles. The van der Waals surface area contributed by atoms with E-state index in [1.54, 1.807) is 26.8 Å². The minimum atomic E-state index is -1.13. The number of rotatable bonds is 7. The molecule has 0 aliphatic carbocycles. The number of carbonyl (C=O) groups is 2. The summed E-state index contributed by atoms with van der Waals surface area (Å²) in [5.41, 5.74) is -0.535. The maximum atomic E-state index is 12.1. The lowest BCUT2D eigenvalue weighted by Crippen LogP contribution is -2.41. The summed E-state index contributed by atoms with van der Waals surface area (Å²) in [7, 11) is 0. The molecule has 0 saturated heterocycles. The van der Waals surface area contributed by atoms with E-state index < -0.39 is 22.3 Å². The Kier molecular flexibility index (Phi) is 5.91. The SMILES string of the molecule is CCOC(=O)CN1C(=S)C(C)(CC(=O)OCC)c2c1cccc2[N+](=O)[O-]. The Morgan fingerprint density at radius 2 is 1.85 bits per heavy atom. The van der Waals surface area contributed by atoms with Gasteiger partial charge in [0, 0.05) is 6.07 Å². The highest BCUT2D eigenvalue weighted by molar-refractivity contribution is 7.80. The van der Waals surface area contributed by atoms with Crippen LogP contribution >= 0.6 is 12.2 Å². The molecular weight excluding hydrogens is 360 g/mol. The number of esters is 2. The Hall–Kier alpha value is -2.55. The zero-order chi connectivity index (χ0) is 19.5.